The summed E-state index contributed by atoms with van der Waals surface area (Å²) in [4.78, 5) is 16.7. The van der Waals surface area contributed by atoms with Crippen molar-refractivity contribution in [3.63, 3.8) is 0 Å². The number of anilines is 1. The van der Waals surface area contributed by atoms with Gasteiger partial charge < -0.3 is 19.4 Å². The van der Waals surface area contributed by atoms with E-state index in [1.54, 1.807) is 29.8 Å². The summed E-state index contributed by atoms with van der Waals surface area (Å²) in [5.74, 6) is 0.391. The van der Waals surface area contributed by atoms with Crippen LogP contribution in [0.15, 0.2) is 35.7 Å². The van der Waals surface area contributed by atoms with Gasteiger partial charge in [0.2, 0.25) is 5.91 Å². The second-order valence-corrected chi connectivity index (χ2v) is 8.52. The number of hydrogen-bond donors (Lipinski definition) is 1. The molecule has 0 bridgehead atoms. The van der Waals surface area contributed by atoms with E-state index in [1.165, 1.54) is 31.0 Å². The number of sulfonamides is 1. The molecule has 1 aromatic carbocycles. The van der Waals surface area contributed by atoms with Crippen molar-refractivity contribution in [3.8, 4) is 11.5 Å². The topological polar surface area (TPSA) is 103 Å². The molecule has 0 saturated carbocycles. The van der Waals surface area contributed by atoms with Crippen LogP contribution in [0.3, 0.4) is 0 Å². The lowest BCUT2D eigenvalue weighted by Gasteiger charge is -2.30. The Labute approximate surface area is 164 Å². The van der Waals surface area contributed by atoms with E-state index < -0.39 is 15.9 Å². The zero-order chi connectivity index (χ0) is 20.3. The number of aromatic nitrogens is 2. The Morgan fingerprint density at radius 3 is 2.64 bits per heavy atom. The summed E-state index contributed by atoms with van der Waals surface area (Å²) < 4.78 is 38.9. The highest BCUT2D eigenvalue weighted by Crippen LogP contribution is 2.30. The zero-order valence-corrected chi connectivity index (χ0v) is 16.9. The number of nitrogens with zero attached hydrogens (tertiary/aromatic N) is 3. The van der Waals surface area contributed by atoms with Gasteiger partial charge in [-0.15, -0.1) is 0 Å². The van der Waals surface area contributed by atoms with Gasteiger partial charge in [0.1, 0.15) is 0 Å². The van der Waals surface area contributed by atoms with Crippen molar-refractivity contribution in [3.05, 3.63) is 30.7 Å². The normalized spacial score (nSPS) is 17.9. The van der Waals surface area contributed by atoms with Gasteiger partial charge >= 0.3 is 0 Å². The van der Waals surface area contributed by atoms with Gasteiger partial charge in [-0.1, -0.05) is 0 Å². The van der Waals surface area contributed by atoms with E-state index in [4.69, 9.17) is 9.47 Å². The van der Waals surface area contributed by atoms with Crippen molar-refractivity contribution >= 4 is 21.6 Å². The van der Waals surface area contributed by atoms with E-state index >= 15 is 0 Å². The highest BCUT2D eigenvalue weighted by Gasteiger charge is 2.34. The van der Waals surface area contributed by atoms with Gasteiger partial charge in [0.25, 0.3) is 10.0 Å². The highest BCUT2D eigenvalue weighted by molar-refractivity contribution is 7.89. The second kappa shape index (κ2) is 8.19. The van der Waals surface area contributed by atoms with Gasteiger partial charge in [-0.25, -0.2) is 13.4 Å². The molecule has 0 unspecified atom stereocenters. The molecule has 1 aliphatic rings. The molecule has 2 aromatic rings. The highest BCUT2D eigenvalue weighted by atomic mass is 32.2. The first-order chi connectivity index (χ1) is 13.3. The fourth-order valence-corrected chi connectivity index (χ4v) is 4.68. The minimum absolute atomic E-state index is 0.00375. The number of aryl methyl sites for hydroxylation is 1. The Balaban J connectivity index is 1.71. The van der Waals surface area contributed by atoms with Crippen LogP contribution in [0.25, 0.3) is 0 Å². The lowest BCUT2D eigenvalue weighted by atomic mass is 9.98. The van der Waals surface area contributed by atoms with Crippen molar-refractivity contribution in [1.29, 1.82) is 0 Å². The number of hydrogen-bond acceptors (Lipinski definition) is 6. The van der Waals surface area contributed by atoms with Crippen molar-refractivity contribution in [2.75, 3.05) is 32.6 Å². The number of benzene rings is 1. The SMILES string of the molecule is COc1ccc(NC(=O)[C@H]2CCCN(S(=O)(=O)c3cn(C)cn3)C2)cc1OC. The molecular formula is C18H24N4O5S. The van der Waals surface area contributed by atoms with E-state index in [1.807, 2.05) is 0 Å². The van der Waals surface area contributed by atoms with Crippen LogP contribution < -0.4 is 14.8 Å². The van der Waals surface area contributed by atoms with Crippen molar-refractivity contribution < 1.29 is 22.7 Å². The maximum absolute atomic E-state index is 12.8. The zero-order valence-electron chi connectivity index (χ0n) is 16.1. The van der Waals surface area contributed by atoms with Crippen LogP contribution in [0.2, 0.25) is 0 Å². The first kappa shape index (κ1) is 20.2. The van der Waals surface area contributed by atoms with Crippen molar-refractivity contribution in [1.82, 2.24) is 13.9 Å². The molecule has 10 heteroatoms. The Hall–Kier alpha value is -2.59. The summed E-state index contributed by atoms with van der Waals surface area (Å²) in [7, 11) is 1.05. The van der Waals surface area contributed by atoms with Crippen LogP contribution in [0.4, 0.5) is 5.69 Å². The minimum atomic E-state index is -3.72. The molecule has 2 heterocycles. The number of carbonyl (C=O) groups excluding carboxylic acids is 1. The van der Waals surface area contributed by atoms with Crippen LogP contribution >= 0.6 is 0 Å². The first-order valence-corrected chi connectivity index (χ1v) is 10.3. The number of amides is 1. The smallest absolute Gasteiger partial charge is 0.262 e. The van der Waals surface area contributed by atoms with Crippen LogP contribution in [0, 0.1) is 5.92 Å². The number of ether oxygens (including phenoxy) is 2. The fraction of sp³-hybridized carbons (Fsp3) is 0.444. The number of rotatable bonds is 6. The molecule has 1 atom stereocenters. The molecule has 1 amide bonds. The number of carbonyl (C=O) groups is 1. The molecule has 9 nitrogen and oxygen atoms in total. The number of piperidine rings is 1. The third kappa shape index (κ3) is 4.12. The molecule has 1 aromatic heterocycles. The molecule has 1 saturated heterocycles. The van der Waals surface area contributed by atoms with Gasteiger partial charge in [0.15, 0.2) is 16.5 Å². The fourth-order valence-electron chi connectivity index (χ4n) is 3.19. The van der Waals surface area contributed by atoms with E-state index in [9.17, 15) is 13.2 Å². The molecule has 1 N–H and O–H groups in total. The average Bonchev–Trinajstić information content (AvgIpc) is 3.15. The maximum Gasteiger partial charge on any atom is 0.262 e. The van der Waals surface area contributed by atoms with Crippen molar-refractivity contribution in [2.24, 2.45) is 13.0 Å². The Kier molecular flexibility index (Phi) is 5.90. The molecular weight excluding hydrogens is 384 g/mol. The van der Waals surface area contributed by atoms with Gasteiger partial charge in [-0.3, -0.25) is 4.79 Å². The number of methoxy groups -OCH3 is 2. The van der Waals surface area contributed by atoms with Gasteiger partial charge in [-0.05, 0) is 25.0 Å². The third-order valence-electron chi connectivity index (χ3n) is 4.69. The molecule has 0 spiro atoms. The van der Waals surface area contributed by atoms with E-state index in [0.717, 1.165) is 0 Å². The molecule has 0 aliphatic carbocycles. The molecule has 1 aliphatic heterocycles. The minimum Gasteiger partial charge on any atom is -0.493 e. The third-order valence-corrected chi connectivity index (χ3v) is 6.44. The number of nitrogens with one attached hydrogen (secondary N) is 1. The standard InChI is InChI=1S/C18H24N4O5S/c1-21-11-17(19-12-21)28(24,25)22-8-4-5-13(10-22)18(23)20-14-6-7-15(26-2)16(9-14)27-3/h6-7,9,11-13H,4-5,8,10H2,1-3H3,(H,20,23)/t13-/m0/s1. The molecule has 152 valence electrons. The first-order valence-electron chi connectivity index (χ1n) is 8.86. The molecule has 1 fully saturated rings. The van der Waals surface area contributed by atoms with Crippen LogP contribution in [0.1, 0.15) is 12.8 Å². The molecule has 0 radical (unpaired) electrons. The summed E-state index contributed by atoms with van der Waals surface area (Å²) in [6.07, 6.45) is 4.13. The summed E-state index contributed by atoms with van der Waals surface area (Å²) in [5, 5.41) is 2.83. The Bertz CT molecular complexity index is 957. The predicted molar refractivity (Wildman–Crippen MR) is 103 cm³/mol. The lowest BCUT2D eigenvalue weighted by Crippen LogP contribution is -2.43. The molecule has 28 heavy (non-hydrogen) atoms. The summed E-state index contributed by atoms with van der Waals surface area (Å²) in [6.45, 7) is 0.497. The molecule has 3 rings (SSSR count). The quantitative estimate of drug-likeness (QED) is 0.777. The van der Waals surface area contributed by atoms with Gasteiger partial charge in [0, 0.05) is 38.1 Å². The lowest BCUT2D eigenvalue weighted by molar-refractivity contribution is -0.120. The summed E-state index contributed by atoms with van der Waals surface area (Å²) in [6, 6.07) is 5.08. The van der Waals surface area contributed by atoms with E-state index in [-0.39, 0.29) is 17.5 Å². The van der Waals surface area contributed by atoms with E-state index in [2.05, 4.69) is 10.3 Å². The summed E-state index contributed by atoms with van der Waals surface area (Å²) >= 11 is 0. The van der Waals surface area contributed by atoms with Crippen LogP contribution in [-0.4, -0.2) is 55.5 Å². The number of imidazole rings is 1. The van der Waals surface area contributed by atoms with Gasteiger partial charge in [0.05, 0.1) is 26.5 Å². The summed E-state index contributed by atoms with van der Waals surface area (Å²) in [5.41, 5.74) is 0.562. The van der Waals surface area contributed by atoms with Crippen LogP contribution in [-0.2, 0) is 21.9 Å². The Morgan fingerprint density at radius 1 is 1.25 bits per heavy atom. The monoisotopic (exact) mass is 408 g/mol. The predicted octanol–water partition coefficient (Wildman–Crippen LogP) is 1.48. The van der Waals surface area contributed by atoms with Gasteiger partial charge in [-0.2, -0.15) is 4.31 Å². The largest absolute Gasteiger partial charge is 0.493 e. The average molecular weight is 408 g/mol. The van der Waals surface area contributed by atoms with E-state index in [0.29, 0.717) is 36.6 Å². The Morgan fingerprint density at radius 2 is 2.00 bits per heavy atom. The maximum atomic E-state index is 12.8. The van der Waals surface area contributed by atoms with Crippen molar-refractivity contribution in [2.45, 2.75) is 17.9 Å². The second-order valence-electron chi connectivity index (χ2n) is 6.64. The van der Waals surface area contributed by atoms with Crippen LogP contribution in [0.5, 0.6) is 11.5 Å².